The van der Waals surface area contributed by atoms with Crippen molar-refractivity contribution in [3.8, 4) is 17.0 Å². The Morgan fingerprint density at radius 2 is 1.83 bits per heavy atom. The highest BCUT2D eigenvalue weighted by atomic mass is 16.5. The Balaban J connectivity index is 1.90. The number of methoxy groups -OCH3 is 1. The van der Waals surface area contributed by atoms with Crippen molar-refractivity contribution < 1.29 is 14.6 Å². The predicted molar refractivity (Wildman–Crippen MR) is 93.7 cm³/mol. The molecule has 0 unspecified atom stereocenters. The maximum Gasteiger partial charge on any atom is 0.339 e. The summed E-state index contributed by atoms with van der Waals surface area (Å²) in [5.41, 5.74) is 1.90. The lowest BCUT2D eigenvalue weighted by Crippen LogP contribution is -2.24. The Labute approximate surface area is 141 Å². The molecule has 24 heavy (non-hydrogen) atoms. The molecule has 5 heteroatoms. The number of rotatable bonds is 5. The van der Waals surface area contributed by atoms with Crippen LogP contribution in [0.1, 0.15) is 42.5 Å². The first-order chi connectivity index (χ1) is 11.7. The van der Waals surface area contributed by atoms with Gasteiger partial charge in [-0.2, -0.15) is 0 Å². The van der Waals surface area contributed by atoms with E-state index >= 15 is 0 Å². The third-order valence-electron chi connectivity index (χ3n) is 4.46. The summed E-state index contributed by atoms with van der Waals surface area (Å²) in [6, 6.07) is 11.3. The molecule has 1 heterocycles. The maximum atomic E-state index is 11.5. The molecule has 2 N–H and O–H groups in total. The van der Waals surface area contributed by atoms with Gasteiger partial charge in [0.15, 0.2) is 0 Å². The van der Waals surface area contributed by atoms with Crippen LogP contribution in [0.15, 0.2) is 36.4 Å². The van der Waals surface area contributed by atoms with Crippen LogP contribution < -0.4 is 10.1 Å². The number of carboxylic acids is 1. The van der Waals surface area contributed by atoms with Crippen LogP contribution in [0.3, 0.4) is 0 Å². The summed E-state index contributed by atoms with van der Waals surface area (Å²) in [4.78, 5) is 16.1. The molecule has 0 bridgehead atoms. The van der Waals surface area contributed by atoms with Gasteiger partial charge < -0.3 is 15.2 Å². The molecule has 1 fully saturated rings. The van der Waals surface area contributed by atoms with Crippen molar-refractivity contribution in [3.63, 3.8) is 0 Å². The Kier molecular flexibility index (Phi) is 4.99. The van der Waals surface area contributed by atoms with Crippen molar-refractivity contribution in [3.05, 3.63) is 42.0 Å². The molecule has 0 atom stereocenters. The first kappa shape index (κ1) is 16.3. The van der Waals surface area contributed by atoms with Gasteiger partial charge in [0.05, 0.1) is 12.8 Å². The average molecular weight is 326 g/mol. The average Bonchev–Trinajstić information content (AvgIpc) is 2.62. The number of carbonyl (C=O) groups is 1. The van der Waals surface area contributed by atoms with E-state index in [1.54, 1.807) is 19.2 Å². The summed E-state index contributed by atoms with van der Waals surface area (Å²) >= 11 is 0. The molecule has 1 aliphatic rings. The highest BCUT2D eigenvalue weighted by molar-refractivity contribution is 5.93. The predicted octanol–water partition coefficient (Wildman–Crippen LogP) is 4.20. The number of carboxylic acid groups (broad SMARTS) is 1. The van der Waals surface area contributed by atoms with E-state index in [4.69, 9.17) is 4.74 Å². The van der Waals surface area contributed by atoms with Crippen molar-refractivity contribution in [2.45, 2.75) is 38.1 Å². The van der Waals surface area contributed by atoms with Crippen LogP contribution in [0.25, 0.3) is 11.3 Å². The molecule has 3 rings (SSSR count). The Morgan fingerprint density at radius 1 is 1.12 bits per heavy atom. The number of hydrogen-bond acceptors (Lipinski definition) is 4. The Morgan fingerprint density at radius 3 is 2.46 bits per heavy atom. The molecule has 126 valence electrons. The number of anilines is 1. The molecule has 1 aromatic carbocycles. The zero-order valence-electron chi connectivity index (χ0n) is 13.8. The number of aromatic nitrogens is 1. The molecule has 0 radical (unpaired) electrons. The first-order valence-corrected chi connectivity index (χ1v) is 8.32. The SMILES string of the molecule is COc1ccc(-c2ccc(C(=O)O)c(NC3CCCCC3)n2)cc1. The van der Waals surface area contributed by atoms with Gasteiger partial charge in [-0.15, -0.1) is 0 Å². The van der Waals surface area contributed by atoms with Gasteiger partial charge in [0, 0.05) is 11.6 Å². The standard InChI is InChI=1S/C19H22N2O3/c1-24-15-9-7-13(8-10-15)17-12-11-16(19(22)23)18(21-17)20-14-5-3-2-4-6-14/h7-12,14H,2-6H2,1H3,(H,20,21)(H,22,23). The second-order valence-electron chi connectivity index (χ2n) is 6.11. The van der Waals surface area contributed by atoms with Crippen LogP contribution in [-0.4, -0.2) is 29.2 Å². The Bertz CT molecular complexity index is 707. The number of hydrogen-bond donors (Lipinski definition) is 2. The minimum absolute atomic E-state index is 0.220. The quantitative estimate of drug-likeness (QED) is 0.861. The smallest absolute Gasteiger partial charge is 0.339 e. The molecule has 2 aromatic rings. The van der Waals surface area contributed by atoms with Crippen LogP contribution in [0, 0.1) is 0 Å². The van der Waals surface area contributed by atoms with Crippen LogP contribution in [-0.2, 0) is 0 Å². The molecule has 0 amide bonds. The highest BCUT2D eigenvalue weighted by Gasteiger charge is 2.18. The minimum atomic E-state index is -0.956. The summed E-state index contributed by atoms with van der Waals surface area (Å²) < 4.78 is 5.17. The topological polar surface area (TPSA) is 71.5 Å². The lowest BCUT2D eigenvalue weighted by Gasteiger charge is -2.24. The number of ether oxygens (including phenoxy) is 1. The fourth-order valence-corrected chi connectivity index (χ4v) is 3.10. The van der Waals surface area contributed by atoms with E-state index in [1.165, 1.54) is 19.3 Å². The molecule has 5 nitrogen and oxygen atoms in total. The van der Waals surface area contributed by atoms with Crippen molar-refractivity contribution >= 4 is 11.8 Å². The van der Waals surface area contributed by atoms with Gasteiger partial charge in [0.1, 0.15) is 17.1 Å². The van der Waals surface area contributed by atoms with Gasteiger partial charge in [-0.25, -0.2) is 9.78 Å². The fraction of sp³-hybridized carbons (Fsp3) is 0.368. The highest BCUT2D eigenvalue weighted by Crippen LogP contribution is 2.27. The van der Waals surface area contributed by atoms with Crippen molar-refractivity contribution in [2.24, 2.45) is 0 Å². The summed E-state index contributed by atoms with van der Waals surface area (Å²) in [5, 5.41) is 12.8. The van der Waals surface area contributed by atoms with E-state index in [2.05, 4.69) is 10.3 Å². The second-order valence-corrected chi connectivity index (χ2v) is 6.11. The van der Waals surface area contributed by atoms with Crippen LogP contribution in [0.4, 0.5) is 5.82 Å². The fourth-order valence-electron chi connectivity index (χ4n) is 3.10. The van der Waals surface area contributed by atoms with E-state index in [9.17, 15) is 9.90 Å². The van der Waals surface area contributed by atoms with Crippen molar-refractivity contribution in [1.29, 1.82) is 0 Å². The van der Waals surface area contributed by atoms with Gasteiger partial charge in [-0.05, 0) is 49.2 Å². The summed E-state index contributed by atoms with van der Waals surface area (Å²) in [7, 11) is 1.63. The van der Waals surface area contributed by atoms with Crippen LogP contribution in [0.2, 0.25) is 0 Å². The van der Waals surface area contributed by atoms with Crippen LogP contribution >= 0.6 is 0 Å². The monoisotopic (exact) mass is 326 g/mol. The zero-order chi connectivity index (χ0) is 16.9. The lowest BCUT2D eigenvalue weighted by molar-refractivity contribution is 0.0697. The molecule has 1 aliphatic carbocycles. The lowest BCUT2D eigenvalue weighted by atomic mass is 9.95. The Hall–Kier alpha value is -2.56. The summed E-state index contributed by atoms with van der Waals surface area (Å²) in [5.74, 6) is 0.284. The number of pyridine rings is 1. The largest absolute Gasteiger partial charge is 0.497 e. The number of nitrogens with zero attached hydrogens (tertiary/aromatic N) is 1. The van der Waals surface area contributed by atoms with Crippen LogP contribution in [0.5, 0.6) is 5.75 Å². The molecule has 1 saturated carbocycles. The third kappa shape index (κ3) is 3.67. The van der Waals surface area contributed by atoms with Gasteiger partial charge in [0.2, 0.25) is 0 Å². The first-order valence-electron chi connectivity index (χ1n) is 8.32. The number of aromatic carboxylic acids is 1. The van der Waals surface area contributed by atoms with Gasteiger partial charge in [-0.1, -0.05) is 19.3 Å². The molecular formula is C19H22N2O3. The van der Waals surface area contributed by atoms with Crippen molar-refractivity contribution in [1.82, 2.24) is 4.98 Å². The van der Waals surface area contributed by atoms with E-state index < -0.39 is 5.97 Å². The molecule has 0 spiro atoms. The number of nitrogens with one attached hydrogen (secondary N) is 1. The van der Waals surface area contributed by atoms with E-state index in [0.29, 0.717) is 11.9 Å². The van der Waals surface area contributed by atoms with Gasteiger partial charge in [0.25, 0.3) is 0 Å². The van der Waals surface area contributed by atoms with Crippen molar-refractivity contribution in [2.75, 3.05) is 12.4 Å². The summed E-state index contributed by atoms with van der Waals surface area (Å²) in [6.07, 6.45) is 5.74. The van der Waals surface area contributed by atoms with Gasteiger partial charge >= 0.3 is 5.97 Å². The normalized spacial score (nSPS) is 15.0. The zero-order valence-corrected chi connectivity index (χ0v) is 13.8. The number of benzene rings is 1. The summed E-state index contributed by atoms with van der Waals surface area (Å²) in [6.45, 7) is 0. The van der Waals surface area contributed by atoms with Gasteiger partial charge in [-0.3, -0.25) is 0 Å². The minimum Gasteiger partial charge on any atom is -0.497 e. The second kappa shape index (κ2) is 7.34. The third-order valence-corrected chi connectivity index (χ3v) is 4.46. The van der Waals surface area contributed by atoms with E-state index in [1.807, 2.05) is 24.3 Å². The molecular weight excluding hydrogens is 304 g/mol. The van der Waals surface area contributed by atoms with E-state index in [-0.39, 0.29) is 5.56 Å². The maximum absolute atomic E-state index is 11.5. The molecule has 0 saturated heterocycles. The molecule has 0 aliphatic heterocycles. The molecule has 1 aromatic heterocycles. The van der Waals surface area contributed by atoms with E-state index in [0.717, 1.165) is 29.8 Å².